The Labute approximate surface area is 169 Å². The van der Waals surface area contributed by atoms with Gasteiger partial charge in [0.15, 0.2) is 0 Å². The van der Waals surface area contributed by atoms with Crippen LogP contribution in [-0.2, 0) is 11.3 Å². The molecule has 2 aliphatic rings. The van der Waals surface area contributed by atoms with Crippen molar-refractivity contribution in [3.05, 3.63) is 44.6 Å². The number of hydrogen-bond donors (Lipinski definition) is 0. The van der Waals surface area contributed by atoms with Gasteiger partial charge in [0, 0.05) is 17.5 Å². The van der Waals surface area contributed by atoms with Crippen LogP contribution in [0.4, 0.5) is 4.39 Å². The number of fused-ring (bicyclic) bond motifs is 1. The van der Waals surface area contributed by atoms with Crippen molar-refractivity contribution < 1.29 is 9.18 Å². The topological polar surface area (TPSA) is 42.3 Å². The number of aryl methyl sites for hydroxylation is 1. The fraction of sp³-hybridized carbons (Fsp3) is 0.545. The molecule has 0 radical (unpaired) electrons. The molecule has 2 aromatic rings. The molecule has 2 heterocycles. The lowest BCUT2D eigenvalue weighted by Crippen LogP contribution is -2.51. The third-order valence-corrected chi connectivity index (χ3v) is 7.27. The molecule has 1 aromatic carbocycles. The number of thiazole rings is 1. The molecule has 0 unspecified atom stereocenters. The van der Waals surface area contributed by atoms with Crippen molar-refractivity contribution >= 4 is 17.2 Å². The normalized spacial score (nSPS) is 24.8. The summed E-state index contributed by atoms with van der Waals surface area (Å²) in [5.74, 6) is 1.06. The first-order valence-corrected chi connectivity index (χ1v) is 11.0. The van der Waals surface area contributed by atoms with E-state index in [0.29, 0.717) is 12.0 Å². The lowest BCUT2D eigenvalue weighted by Gasteiger charge is -2.45. The highest BCUT2D eigenvalue weighted by molar-refractivity contribution is 7.09. The number of piperidine rings is 1. The van der Waals surface area contributed by atoms with Crippen molar-refractivity contribution in [3.63, 3.8) is 0 Å². The van der Waals surface area contributed by atoms with Crippen LogP contribution in [0.3, 0.4) is 0 Å². The van der Waals surface area contributed by atoms with Crippen molar-refractivity contribution in [3.8, 4) is 11.3 Å². The van der Waals surface area contributed by atoms with Crippen molar-refractivity contribution in [2.75, 3.05) is 6.54 Å². The van der Waals surface area contributed by atoms with Crippen molar-refractivity contribution in [2.45, 2.75) is 58.5 Å². The molecule has 4 rings (SSSR count). The second kappa shape index (κ2) is 7.82. The van der Waals surface area contributed by atoms with E-state index in [1.165, 1.54) is 31.4 Å². The Bertz CT molecular complexity index is 918. The molecule has 1 amide bonds. The number of hydrogen-bond acceptors (Lipinski definition) is 3. The molecule has 0 bridgehead atoms. The van der Waals surface area contributed by atoms with Gasteiger partial charge in [-0.1, -0.05) is 18.3 Å². The predicted molar refractivity (Wildman–Crippen MR) is 110 cm³/mol. The summed E-state index contributed by atoms with van der Waals surface area (Å²) in [6.45, 7) is 5.04. The van der Waals surface area contributed by atoms with Crippen LogP contribution in [0.5, 0.6) is 0 Å². The molecule has 28 heavy (non-hydrogen) atoms. The molecule has 0 spiro atoms. The Kier molecular flexibility index (Phi) is 5.41. The molecule has 3 atom stereocenters. The van der Waals surface area contributed by atoms with Crippen molar-refractivity contribution in [1.29, 1.82) is 0 Å². The maximum Gasteiger partial charge on any atom is 0.308 e. The Morgan fingerprint density at radius 1 is 1.21 bits per heavy atom. The lowest BCUT2D eigenvalue weighted by atomic mass is 9.74. The minimum absolute atomic E-state index is 0.0347. The highest BCUT2D eigenvalue weighted by atomic mass is 32.1. The Balaban J connectivity index is 1.60. The van der Waals surface area contributed by atoms with E-state index in [0.717, 1.165) is 52.8 Å². The maximum absolute atomic E-state index is 13.3. The number of benzene rings is 1. The SMILES string of the molecule is Cc1sc(=O)n(CC(=O)N2CCC[C@@H]3C[C@@H](C)CC[C@H]32)c1-c1ccc(F)cc1. The zero-order valence-corrected chi connectivity index (χ0v) is 17.3. The summed E-state index contributed by atoms with van der Waals surface area (Å²) in [4.78, 5) is 28.6. The van der Waals surface area contributed by atoms with Gasteiger partial charge < -0.3 is 4.90 Å². The van der Waals surface area contributed by atoms with Crippen LogP contribution in [0.1, 0.15) is 43.9 Å². The second-order valence-electron chi connectivity index (χ2n) is 8.34. The zero-order chi connectivity index (χ0) is 19.8. The van der Waals surface area contributed by atoms with E-state index in [-0.39, 0.29) is 23.1 Å². The van der Waals surface area contributed by atoms with Crippen LogP contribution in [0, 0.1) is 24.6 Å². The van der Waals surface area contributed by atoms with Gasteiger partial charge in [0.2, 0.25) is 5.91 Å². The minimum Gasteiger partial charge on any atom is -0.338 e. The fourth-order valence-corrected chi connectivity index (χ4v) is 5.91. The number of aromatic nitrogens is 1. The summed E-state index contributed by atoms with van der Waals surface area (Å²) >= 11 is 1.15. The van der Waals surface area contributed by atoms with Crippen LogP contribution >= 0.6 is 11.3 Å². The van der Waals surface area contributed by atoms with Crippen LogP contribution in [0.25, 0.3) is 11.3 Å². The molecule has 2 fully saturated rings. The minimum atomic E-state index is -0.313. The number of carbonyl (C=O) groups is 1. The summed E-state index contributed by atoms with van der Waals surface area (Å²) < 4.78 is 14.9. The van der Waals surface area contributed by atoms with Gasteiger partial charge in [-0.25, -0.2) is 4.39 Å². The zero-order valence-electron chi connectivity index (χ0n) is 16.5. The van der Waals surface area contributed by atoms with E-state index in [1.807, 2.05) is 11.8 Å². The third kappa shape index (κ3) is 3.66. The summed E-state index contributed by atoms with van der Waals surface area (Å²) in [6, 6.07) is 6.44. The van der Waals surface area contributed by atoms with Gasteiger partial charge in [-0.3, -0.25) is 14.2 Å². The number of carbonyl (C=O) groups excluding carboxylic acids is 1. The molecule has 4 nitrogen and oxygen atoms in total. The number of rotatable bonds is 3. The maximum atomic E-state index is 13.3. The number of halogens is 1. The number of likely N-dealkylation sites (tertiary alicyclic amines) is 1. The smallest absolute Gasteiger partial charge is 0.308 e. The van der Waals surface area contributed by atoms with E-state index in [4.69, 9.17) is 0 Å². The quantitative estimate of drug-likeness (QED) is 0.761. The summed E-state index contributed by atoms with van der Waals surface area (Å²) in [6.07, 6.45) is 5.69. The fourth-order valence-electron chi connectivity index (χ4n) is 5.05. The monoisotopic (exact) mass is 402 g/mol. The molecule has 1 aromatic heterocycles. The van der Waals surface area contributed by atoms with Crippen LogP contribution < -0.4 is 4.87 Å². The highest BCUT2D eigenvalue weighted by Crippen LogP contribution is 2.38. The lowest BCUT2D eigenvalue weighted by molar-refractivity contribution is -0.138. The van der Waals surface area contributed by atoms with E-state index in [9.17, 15) is 14.0 Å². The van der Waals surface area contributed by atoms with Crippen LogP contribution in [0.15, 0.2) is 29.1 Å². The predicted octanol–water partition coefficient (Wildman–Crippen LogP) is 4.45. The molecular formula is C22H27FN2O2S. The van der Waals surface area contributed by atoms with E-state index < -0.39 is 0 Å². The van der Waals surface area contributed by atoms with E-state index in [1.54, 1.807) is 16.7 Å². The first-order valence-electron chi connectivity index (χ1n) is 10.2. The van der Waals surface area contributed by atoms with Gasteiger partial charge in [0.1, 0.15) is 12.4 Å². The van der Waals surface area contributed by atoms with Crippen molar-refractivity contribution in [2.24, 2.45) is 11.8 Å². The summed E-state index contributed by atoms with van der Waals surface area (Å²) in [5, 5.41) is 0. The van der Waals surface area contributed by atoms with Crippen LogP contribution in [-0.4, -0.2) is 28.0 Å². The molecular weight excluding hydrogens is 375 g/mol. The Morgan fingerprint density at radius 2 is 1.96 bits per heavy atom. The van der Waals surface area contributed by atoms with Gasteiger partial charge in [0.05, 0.1) is 5.69 Å². The molecule has 1 saturated carbocycles. The van der Waals surface area contributed by atoms with E-state index >= 15 is 0 Å². The van der Waals surface area contributed by atoms with Gasteiger partial charge in [-0.05, 0) is 80.7 Å². The van der Waals surface area contributed by atoms with Crippen LogP contribution in [0.2, 0.25) is 0 Å². The molecule has 6 heteroatoms. The Hall–Kier alpha value is -1.95. The van der Waals surface area contributed by atoms with Gasteiger partial charge >= 0.3 is 4.87 Å². The van der Waals surface area contributed by atoms with Gasteiger partial charge in [-0.2, -0.15) is 0 Å². The first kappa shape index (κ1) is 19.4. The number of amides is 1. The van der Waals surface area contributed by atoms with Crippen molar-refractivity contribution in [1.82, 2.24) is 9.47 Å². The first-order chi connectivity index (χ1) is 13.4. The summed E-state index contributed by atoms with van der Waals surface area (Å²) in [5.41, 5.74) is 1.50. The largest absolute Gasteiger partial charge is 0.338 e. The third-order valence-electron chi connectivity index (χ3n) is 6.37. The number of nitrogens with zero attached hydrogens (tertiary/aromatic N) is 2. The highest BCUT2D eigenvalue weighted by Gasteiger charge is 2.37. The average molecular weight is 403 g/mol. The molecule has 1 aliphatic carbocycles. The van der Waals surface area contributed by atoms with Gasteiger partial charge in [0.25, 0.3) is 0 Å². The second-order valence-corrected chi connectivity index (χ2v) is 9.51. The molecule has 1 saturated heterocycles. The van der Waals surface area contributed by atoms with E-state index in [2.05, 4.69) is 6.92 Å². The standard InChI is InChI=1S/C22H27FN2O2S/c1-14-5-10-19-17(12-14)4-3-11-24(19)20(26)13-25-21(15(2)28-22(25)27)16-6-8-18(23)9-7-16/h6-9,14,17,19H,3-5,10-13H2,1-2H3/t14-,17+,19+/m0/s1. The molecule has 0 N–H and O–H groups in total. The summed E-state index contributed by atoms with van der Waals surface area (Å²) in [7, 11) is 0. The molecule has 150 valence electrons. The molecule has 1 aliphatic heterocycles. The van der Waals surface area contributed by atoms with Gasteiger partial charge in [-0.15, -0.1) is 0 Å². The Morgan fingerprint density at radius 3 is 2.71 bits per heavy atom. The average Bonchev–Trinajstić information content (AvgIpc) is 2.95.